The van der Waals surface area contributed by atoms with Crippen LogP contribution in [-0.2, 0) is 0 Å². The minimum absolute atomic E-state index is 0.372. The van der Waals surface area contributed by atoms with Crippen molar-refractivity contribution in [3.8, 4) is 0 Å². The molecule has 0 saturated heterocycles. The van der Waals surface area contributed by atoms with Gasteiger partial charge in [-0.3, -0.25) is 0 Å². The van der Waals surface area contributed by atoms with Gasteiger partial charge in [0.2, 0.25) is 0 Å². The maximum absolute atomic E-state index is 5.59. The van der Waals surface area contributed by atoms with Gasteiger partial charge in [-0.15, -0.1) is 0 Å². The van der Waals surface area contributed by atoms with Gasteiger partial charge in [0.05, 0.1) is 5.02 Å². The van der Waals surface area contributed by atoms with Crippen LogP contribution in [0.2, 0.25) is 5.02 Å². The van der Waals surface area contributed by atoms with Gasteiger partial charge in [-0.1, -0.05) is 25.4 Å². The van der Waals surface area contributed by atoms with Gasteiger partial charge in [0.1, 0.15) is 5.82 Å². The van der Waals surface area contributed by atoms with Crippen molar-refractivity contribution in [2.75, 3.05) is 0 Å². The summed E-state index contributed by atoms with van der Waals surface area (Å²) in [4.78, 5) is 8.07. The van der Waals surface area contributed by atoms with Gasteiger partial charge >= 0.3 is 0 Å². The van der Waals surface area contributed by atoms with Gasteiger partial charge in [0, 0.05) is 18.3 Å². The number of hydrogen-bond acceptors (Lipinski definition) is 2. The Balaban J connectivity index is 2.89. The Hall–Kier alpha value is -0.630. The van der Waals surface area contributed by atoms with E-state index in [1.54, 1.807) is 12.4 Å². The third-order valence-electron chi connectivity index (χ3n) is 1.16. The van der Waals surface area contributed by atoms with Gasteiger partial charge in [-0.2, -0.15) is 0 Å². The molecule has 0 aliphatic heterocycles. The molecule has 0 atom stereocenters. The van der Waals surface area contributed by atoms with Gasteiger partial charge in [0.15, 0.2) is 0 Å². The number of nitrogens with zero attached hydrogens (tertiary/aromatic N) is 2. The Labute approximate surface area is 65.3 Å². The summed E-state index contributed by atoms with van der Waals surface area (Å²) in [5.41, 5.74) is 0. The minimum atomic E-state index is 0.372. The molecule has 0 spiro atoms. The Kier molecular flexibility index (Phi) is 2.22. The molecule has 0 aliphatic rings. The summed E-state index contributed by atoms with van der Waals surface area (Å²) in [5.74, 6) is 1.21. The molecule has 0 aromatic carbocycles. The smallest absolute Gasteiger partial charge is 0.130 e. The molecular formula is C7H9ClN2. The third-order valence-corrected chi connectivity index (χ3v) is 1.35. The Morgan fingerprint density at radius 1 is 1.30 bits per heavy atom. The molecule has 2 nitrogen and oxygen atoms in total. The van der Waals surface area contributed by atoms with Gasteiger partial charge < -0.3 is 0 Å². The Morgan fingerprint density at radius 2 is 1.80 bits per heavy atom. The maximum atomic E-state index is 5.59. The van der Waals surface area contributed by atoms with E-state index in [-0.39, 0.29) is 0 Å². The molecule has 3 heteroatoms. The van der Waals surface area contributed by atoms with Crippen LogP contribution in [0.1, 0.15) is 25.6 Å². The van der Waals surface area contributed by atoms with Crippen LogP contribution in [0.15, 0.2) is 12.4 Å². The van der Waals surface area contributed by atoms with Crippen LogP contribution in [0.5, 0.6) is 0 Å². The molecule has 0 unspecified atom stereocenters. The zero-order valence-electron chi connectivity index (χ0n) is 6.00. The topological polar surface area (TPSA) is 25.8 Å². The summed E-state index contributed by atoms with van der Waals surface area (Å²) in [6.07, 6.45) is 3.23. The van der Waals surface area contributed by atoms with E-state index < -0.39 is 0 Å². The van der Waals surface area contributed by atoms with E-state index in [1.807, 2.05) is 13.8 Å². The molecule has 0 amide bonds. The molecule has 1 aromatic rings. The standard InChI is InChI=1S/C7H9ClN2/c1-5(2)7-9-3-6(8)4-10-7/h3-5H,1-2H3. The molecule has 1 aromatic heterocycles. The molecule has 1 rings (SSSR count). The molecule has 1 heterocycles. The van der Waals surface area contributed by atoms with Crippen molar-refractivity contribution < 1.29 is 0 Å². The fraction of sp³-hybridized carbons (Fsp3) is 0.429. The molecular weight excluding hydrogens is 148 g/mol. The van der Waals surface area contributed by atoms with E-state index in [2.05, 4.69) is 9.97 Å². The van der Waals surface area contributed by atoms with Crippen molar-refractivity contribution in [2.24, 2.45) is 0 Å². The minimum Gasteiger partial charge on any atom is -0.240 e. The van der Waals surface area contributed by atoms with Crippen molar-refractivity contribution in [2.45, 2.75) is 19.8 Å². The van der Waals surface area contributed by atoms with Crippen molar-refractivity contribution in [3.05, 3.63) is 23.2 Å². The second-order valence-corrected chi connectivity index (χ2v) is 2.85. The van der Waals surface area contributed by atoms with E-state index >= 15 is 0 Å². The van der Waals surface area contributed by atoms with Crippen LogP contribution >= 0.6 is 11.6 Å². The molecule has 10 heavy (non-hydrogen) atoms. The number of rotatable bonds is 1. The van der Waals surface area contributed by atoms with Gasteiger partial charge in [-0.05, 0) is 0 Å². The van der Waals surface area contributed by atoms with Gasteiger partial charge in [0.25, 0.3) is 0 Å². The first-order chi connectivity index (χ1) is 4.70. The summed E-state index contributed by atoms with van der Waals surface area (Å²) in [7, 11) is 0. The van der Waals surface area contributed by atoms with E-state index in [0.717, 1.165) is 5.82 Å². The molecule has 54 valence electrons. The highest BCUT2D eigenvalue weighted by atomic mass is 35.5. The molecule has 0 N–H and O–H groups in total. The van der Waals surface area contributed by atoms with E-state index in [4.69, 9.17) is 11.6 Å². The third kappa shape index (κ3) is 1.67. The number of aromatic nitrogens is 2. The molecule has 0 saturated carbocycles. The fourth-order valence-corrected chi connectivity index (χ4v) is 0.718. The first-order valence-electron chi connectivity index (χ1n) is 3.17. The van der Waals surface area contributed by atoms with Crippen molar-refractivity contribution in [1.82, 2.24) is 9.97 Å². The highest BCUT2D eigenvalue weighted by Crippen LogP contribution is 2.09. The lowest BCUT2D eigenvalue weighted by Gasteiger charge is -2.00. The monoisotopic (exact) mass is 156 g/mol. The summed E-state index contributed by atoms with van der Waals surface area (Å²) < 4.78 is 0. The number of halogens is 1. The van der Waals surface area contributed by atoms with Crippen LogP contribution in [0.4, 0.5) is 0 Å². The lowest BCUT2D eigenvalue weighted by atomic mass is 10.2. The highest BCUT2D eigenvalue weighted by molar-refractivity contribution is 6.30. The average Bonchev–Trinajstić information content (AvgIpc) is 1.88. The second-order valence-electron chi connectivity index (χ2n) is 2.41. The molecule has 0 aliphatic carbocycles. The summed E-state index contributed by atoms with van der Waals surface area (Å²) >= 11 is 5.59. The van der Waals surface area contributed by atoms with Crippen LogP contribution in [-0.4, -0.2) is 9.97 Å². The van der Waals surface area contributed by atoms with Crippen molar-refractivity contribution >= 4 is 11.6 Å². The SMILES string of the molecule is CC(C)c1ncc(Cl)cn1. The summed E-state index contributed by atoms with van der Waals surface area (Å²) in [6, 6.07) is 0. The normalized spacial score (nSPS) is 10.4. The first kappa shape index (κ1) is 7.48. The van der Waals surface area contributed by atoms with Crippen molar-refractivity contribution in [3.63, 3.8) is 0 Å². The second kappa shape index (κ2) is 2.97. The zero-order chi connectivity index (χ0) is 7.56. The first-order valence-corrected chi connectivity index (χ1v) is 3.55. The number of hydrogen-bond donors (Lipinski definition) is 0. The van der Waals surface area contributed by atoms with Crippen LogP contribution < -0.4 is 0 Å². The molecule has 0 bridgehead atoms. The fourth-order valence-electron chi connectivity index (χ4n) is 0.620. The summed E-state index contributed by atoms with van der Waals surface area (Å²) in [6.45, 7) is 4.09. The van der Waals surface area contributed by atoms with E-state index in [1.165, 1.54) is 0 Å². The van der Waals surface area contributed by atoms with E-state index in [9.17, 15) is 0 Å². The summed E-state index contributed by atoms with van der Waals surface area (Å²) in [5, 5.41) is 0.587. The Morgan fingerprint density at radius 3 is 2.20 bits per heavy atom. The largest absolute Gasteiger partial charge is 0.240 e. The Bertz CT molecular complexity index is 205. The predicted molar refractivity (Wildman–Crippen MR) is 41.1 cm³/mol. The van der Waals surface area contributed by atoms with E-state index in [0.29, 0.717) is 10.9 Å². The van der Waals surface area contributed by atoms with Crippen LogP contribution in [0.25, 0.3) is 0 Å². The van der Waals surface area contributed by atoms with Crippen LogP contribution in [0.3, 0.4) is 0 Å². The van der Waals surface area contributed by atoms with Gasteiger partial charge in [-0.25, -0.2) is 9.97 Å². The maximum Gasteiger partial charge on any atom is 0.130 e. The quantitative estimate of drug-likeness (QED) is 0.624. The average molecular weight is 157 g/mol. The predicted octanol–water partition coefficient (Wildman–Crippen LogP) is 2.25. The molecule has 0 fully saturated rings. The zero-order valence-corrected chi connectivity index (χ0v) is 6.76. The lowest BCUT2D eigenvalue weighted by molar-refractivity contribution is 0.774. The lowest BCUT2D eigenvalue weighted by Crippen LogP contribution is -1.94. The van der Waals surface area contributed by atoms with Crippen molar-refractivity contribution in [1.29, 1.82) is 0 Å². The van der Waals surface area contributed by atoms with Crippen LogP contribution in [0, 0.1) is 0 Å². The highest BCUT2D eigenvalue weighted by Gasteiger charge is 1.99. The molecule has 0 radical (unpaired) electrons.